The Morgan fingerprint density at radius 2 is 2.35 bits per heavy atom. The molecule has 0 saturated carbocycles. The van der Waals surface area contributed by atoms with Crippen molar-refractivity contribution in [3.8, 4) is 5.75 Å². The van der Waals surface area contributed by atoms with E-state index in [1.807, 2.05) is 25.2 Å². The highest BCUT2D eigenvalue weighted by atomic mass is 32.1. The summed E-state index contributed by atoms with van der Waals surface area (Å²) in [6, 6.07) is 5.95. The van der Waals surface area contributed by atoms with Crippen LogP contribution in [0.25, 0.3) is 0 Å². The summed E-state index contributed by atoms with van der Waals surface area (Å²) >= 11 is 4.19. The van der Waals surface area contributed by atoms with Crippen LogP contribution < -0.4 is 15.0 Å². The van der Waals surface area contributed by atoms with Crippen molar-refractivity contribution in [1.82, 2.24) is 5.32 Å². The van der Waals surface area contributed by atoms with Gasteiger partial charge >= 0.3 is 0 Å². The second-order valence-electron chi connectivity index (χ2n) is 3.91. The number of ether oxygens (including phenoxy) is 1. The molecule has 0 bridgehead atoms. The standard InChI is InChI=1S/C12H16N2O2S/c1-13-5-4-9-2-3-11-10(6-9)14(8-17)12(15)7-16-11/h2-3,6,13,17H,4-5,7-8H2,1H3. The third-order valence-corrected chi connectivity index (χ3v) is 3.05. The fourth-order valence-electron chi connectivity index (χ4n) is 1.83. The summed E-state index contributed by atoms with van der Waals surface area (Å²) in [6.45, 7) is 1.01. The van der Waals surface area contributed by atoms with Gasteiger partial charge in [-0.05, 0) is 37.7 Å². The van der Waals surface area contributed by atoms with Crippen LogP contribution in [0.4, 0.5) is 5.69 Å². The largest absolute Gasteiger partial charge is 0.482 e. The minimum absolute atomic E-state index is 0.0433. The quantitative estimate of drug-likeness (QED) is 0.787. The van der Waals surface area contributed by atoms with Gasteiger partial charge in [-0.2, -0.15) is 12.6 Å². The number of fused-ring (bicyclic) bond motifs is 1. The normalized spacial score (nSPS) is 14.5. The highest BCUT2D eigenvalue weighted by Gasteiger charge is 2.24. The Kier molecular flexibility index (Phi) is 3.91. The molecule has 0 aromatic heterocycles. The molecule has 1 aromatic carbocycles. The average Bonchev–Trinajstić information content (AvgIpc) is 2.36. The molecule has 0 saturated heterocycles. The second kappa shape index (κ2) is 5.42. The first kappa shape index (κ1) is 12.3. The number of rotatable bonds is 4. The molecule has 0 atom stereocenters. The van der Waals surface area contributed by atoms with Gasteiger partial charge in [-0.1, -0.05) is 6.07 Å². The molecule has 0 unspecified atom stereocenters. The summed E-state index contributed by atoms with van der Waals surface area (Å²) < 4.78 is 5.39. The van der Waals surface area contributed by atoms with Crippen LogP contribution in [0.15, 0.2) is 18.2 Å². The number of anilines is 1. The van der Waals surface area contributed by atoms with E-state index in [1.54, 1.807) is 4.90 Å². The van der Waals surface area contributed by atoms with Gasteiger partial charge in [0.15, 0.2) is 6.61 Å². The highest BCUT2D eigenvalue weighted by Crippen LogP contribution is 2.33. The van der Waals surface area contributed by atoms with Crippen molar-refractivity contribution in [3.05, 3.63) is 23.8 Å². The summed E-state index contributed by atoms with van der Waals surface area (Å²) in [4.78, 5) is 13.3. The van der Waals surface area contributed by atoms with E-state index in [2.05, 4.69) is 17.9 Å². The smallest absolute Gasteiger partial charge is 0.265 e. The van der Waals surface area contributed by atoms with Gasteiger partial charge in [0.25, 0.3) is 5.91 Å². The van der Waals surface area contributed by atoms with Crippen LogP contribution in [0, 0.1) is 0 Å². The van der Waals surface area contributed by atoms with Crippen LogP contribution >= 0.6 is 12.6 Å². The molecule has 1 aliphatic rings. The van der Waals surface area contributed by atoms with Crippen molar-refractivity contribution < 1.29 is 9.53 Å². The first-order valence-corrected chi connectivity index (χ1v) is 6.21. The maximum atomic E-state index is 11.7. The van der Waals surface area contributed by atoms with Crippen LogP contribution in [-0.4, -0.2) is 32.0 Å². The van der Waals surface area contributed by atoms with E-state index in [9.17, 15) is 4.79 Å². The Morgan fingerprint density at radius 1 is 1.53 bits per heavy atom. The molecule has 0 fully saturated rings. The topological polar surface area (TPSA) is 41.6 Å². The number of benzene rings is 1. The third kappa shape index (κ3) is 2.56. The third-order valence-electron chi connectivity index (χ3n) is 2.77. The van der Waals surface area contributed by atoms with Gasteiger partial charge in [0, 0.05) is 0 Å². The Bertz CT molecular complexity index is 423. The molecule has 4 nitrogen and oxygen atoms in total. The lowest BCUT2D eigenvalue weighted by Crippen LogP contribution is -2.38. The molecule has 2 rings (SSSR count). The lowest BCUT2D eigenvalue weighted by molar-refractivity contribution is -0.121. The van der Waals surface area contributed by atoms with Crippen molar-refractivity contribution in [2.45, 2.75) is 6.42 Å². The number of carbonyl (C=O) groups is 1. The van der Waals surface area contributed by atoms with Crippen molar-refractivity contribution in [1.29, 1.82) is 0 Å². The minimum Gasteiger partial charge on any atom is -0.482 e. The fraction of sp³-hybridized carbons (Fsp3) is 0.417. The Balaban J connectivity index is 2.28. The first-order valence-electron chi connectivity index (χ1n) is 5.58. The molecular weight excluding hydrogens is 236 g/mol. The Hall–Kier alpha value is -1.20. The maximum absolute atomic E-state index is 11.7. The average molecular weight is 252 g/mol. The minimum atomic E-state index is -0.0433. The van der Waals surface area contributed by atoms with Gasteiger partial charge in [0.2, 0.25) is 0 Å². The van der Waals surface area contributed by atoms with Gasteiger partial charge in [-0.25, -0.2) is 0 Å². The Morgan fingerprint density at radius 3 is 3.06 bits per heavy atom. The molecule has 1 amide bonds. The van der Waals surface area contributed by atoms with Crippen molar-refractivity contribution >= 4 is 24.2 Å². The SMILES string of the molecule is CNCCc1ccc2c(c1)N(CS)C(=O)CO2. The summed E-state index contributed by atoms with van der Waals surface area (Å²) in [6.07, 6.45) is 0.929. The van der Waals surface area contributed by atoms with Crippen LogP contribution in [-0.2, 0) is 11.2 Å². The maximum Gasteiger partial charge on any atom is 0.265 e. The first-order chi connectivity index (χ1) is 8.26. The van der Waals surface area contributed by atoms with E-state index in [4.69, 9.17) is 4.74 Å². The lowest BCUT2D eigenvalue weighted by Gasteiger charge is -2.28. The number of hydrogen-bond acceptors (Lipinski definition) is 4. The van der Waals surface area contributed by atoms with E-state index in [0.29, 0.717) is 5.88 Å². The summed E-state index contributed by atoms with van der Waals surface area (Å²) in [5.41, 5.74) is 2.01. The predicted octanol–water partition coefficient (Wildman–Crippen LogP) is 1.06. The number of hydrogen-bond donors (Lipinski definition) is 2. The fourth-order valence-corrected chi connectivity index (χ4v) is 2.14. The van der Waals surface area contributed by atoms with E-state index in [1.165, 1.54) is 5.56 Å². The van der Waals surface area contributed by atoms with Crippen LogP contribution in [0.2, 0.25) is 0 Å². The molecule has 1 aliphatic heterocycles. The summed E-state index contributed by atoms with van der Waals surface area (Å²) in [7, 11) is 1.92. The second-order valence-corrected chi connectivity index (χ2v) is 4.19. The zero-order valence-corrected chi connectivity index (χ0v) is 10.7. The van der Waals surface area contributed by atoms with E-state index in [0.717, 1.165) is 24.4 Å². The van der Waals surface area contributed by atoms with Gasteiger partial charge < -0.3 is 10.1 Å². The van der Waals surface area contributed by atoms with E-state index < -0.39 is 0 Å². The van der Waals surface area contributed by atoms with Crippen molar-refractivity contribution in [3.63, 3.8) is 0 Å². The van der Waals surface area contributed by atoms with Crippen LogP contribution in [0.1, 0.15) is 5.56 Å². The van der Waals surface area contributed by atoms with Gasteiger partial charge in [0.05, 0.1) is 11.6 Å². The molecule has 92 valence electrons. The van der Waals surface area contributed by atoms with Gasteiger partial charge in [0.1, 0.15) is 5.75 Å². The Labute approximate surface area is 106 Å². The molecule has 1 N–H and O–H groups in total. The molecular formula is C12H16N2O2S. The molecule has 0 aliphatic carbocycles. The number of carbonyl (C=O) groups excluding carboxylic acids is 1. The monoisotopic (exact) mass is 252 g/mol. The molecule has 0 radical (unpaired) electrons. The molecule has 5 heteroatoms. The number of thiol groups is 1. The van der Waals surface area contributed by atoms with Crippen LogP contribution in [0.3, 0.4) is 0 Å². The predicted molar refractivity (Wildman–Crippen MR) is 70.9 cm³/mol. The molecule has 17 heavy (non-hydrogen) atoms. The molecule has 1 aromatic rings. The summed E-state index contributed by atoms with van der Waals surface area (Å²) in [5.74, 6) is 1.09. The number of nitrogens with one attached hydrogen (secondary N) is 1. The number of amides is 1. The lowest BCUT2D eigenvalue weighted by atomic mass is 10.1. The van der Waals surface area contributed by atoms with Gasteiger partial charge in [-0.3, -0.25) is 9.69 Å². The van der Waals surface area contributed by atoms with Crippen molar-refractivity contribution in [2.24, 2.45) is 0 Å². The number of likely N-dealkylation sites (N-methyl/N-ethyl adjacent to an activating group) is 1. The van der Waals surface area contributed by atoms with Crippen LogP contribution in [0.5, 0.6) is 5.75 Å². The molecule has 0 spiro atoms. The number of nitrogens with zero attached hydrogens (tertiary/aromatic N) is 1. The van der Waals surface area contributed by atoms with E-state index in [-0.39, 0.29) is 12.5 Å². The zero-order chi connectivity index (χ0) is 12.3. The van der Waals surface area contributed by atoms with Crippen molar-refractivity contribution in [2.75, 3.05) is 31.0 Å². The van der Waals surface area contributed by atoms with Gasteiger partial charge in [-0.15, -0.1) is 0 Å². The highest BCUT2D eigenvalue weighted by molar-refractivity contribution is 7.80. The van der Waals surface area contributed by atoms with E-state index >= 15 is 0 Å². The molecule has 1 heterocycles. The summed E-state index contributed by atoms with van der Waals surface area (Å²) in [5, 5.41) is 3.10. The zero-order valence-electron chi connectivity index (χ0n) is 9.77.